The van der Waals surface area contributed by atoms with Crippen molar-refractivity contribution in [2.75, 3.05) is 10.6 Å². The number of benzene rings is 3. The molecule has 0 aromatic heterocycles. The van der Waals surface area contributed by atoms with Gasteiger partial charge in [0.05, 0.1) is 10.7 Å². The lowest BCUT2D eigenvalue weighted by Gasteiger charge is -2.23. The first-order valence-electron chi connectivity index (χ1n) is 9.68. The van der Waals surface area contributed by atoms with Gasteiger partial charge in [-0.25, -0.2) is 0 Å². The number of hydrogen-bond acceptors (Lipinski definition) is 2. The van der Waals surface area contributed by atoms with Gasteiger partial charge >= 0.3 is 0 Å². The van der Waals surface area contributed by atoms with Crippen LogP contribution >= 0.6 is 35.4 Å². The summed E-state index contributed by atoms with van der Waals surface area (Å²) in [4.78, 5) is 0. The molecule has 0 aliphatic heterocycles. The lowest BCUT2D eigenvalue weighted by Crippen LogP contribution is -2.19. The second-order valence-corrected chi connectivity index (χ2v) is 8.84. The van der Waals surface area contributed by atoms with Crippen molar-refractivity contribution in [1.82, 2.24) is 0 Å². The fourth-order valence-corrected chi connectivity index (χ4v) is 3.48. The smallest absolute Gasteiger partial charge is 0.175 e. The maximum Gasteiger partial charge on any atom is 0.175 e. The standard InChI is InChI=1S/C24H24Cl2N2OS/c1-4-24(2,3)16-5-10-19(11-6-16)29-20-12-8-18(9-13-20)27-23(30)28-22-14-7-17(25)15-21(22)26/h5-15H,4H2,1-3H3,(H2,27,28,30). The zero-order valence-electron chi connectivity index (χ0n) is 17.1. The summed E-state index contributed by atoms with van der Waals surface area (Å²) in [6.45, 7) is 6.69. The minimum absolute atomic E-state index is 0.161. The van der Waals surface area contributed by atoms with Crippen LogP contribution in [0.25, 0.3) is 0 Å². The van der Waals surface area contributed by atoms with Crippen LogP contribution in [-0.4, -0.2) is 5.11 Å². The second-order valence-electron chi connectivity index (χ2n) is 7.59. The summed E-state index contributed by atoms with van der Waals surface area (Å²) in [6, 6.07) is 21.1. The molecule has 2 N–H and O–H groups in total. The Labute approximate surface area is 193 Å². The van der Waals surface area contributed by atoms with E-state index in [9.17, 15) is 0 Å². The monoisotopic (exact) mass is 458 g/mol. The highest BCUT2D eigenvalue weighted by atomic mass is 35.5. The molecule has 0 saturated heterocycles. The van der Waals surface area contributed by atoms with Crippen LogP contribution in [0.5, 0.6) is 11.5 Å². The van der Waals surface area contributed by atoms with Gasteiger partial charge in [0.1, 0.15) is 11.5 Å². The van der Waals surface area contributed by atoms with Gasteiger partial charge < -0.3 is 15.4 Å². The third-order valence-corrected chi connectivity index (χ3v) is 5.80. The van der Waals surface area contributed by atoms with E-state index < -0.39 is 0 Å². The van der Waals surface area contributed by atoms with Crippen LogP contribution in [0.2, 0.25) is 10.0 Å². The molecule has 0 heterocycles. The van der Waals surface area contributed by atoms with Gasteiger partial charge in [0, 0.05) is 10.7 Å². The molecule has 0 saturated carbocycles. The molecular weight excluding hydrogens is 435 g/mol. The molecule has 156 valence electrons. The minimum Gasteiger partial charge on any atom is -0.457 e. The molecule has 0 fully saturated rings. The molecule has 6 heteroatoms. The number of hydrogen-bond donors (Lipinski definition) is 2. The van der Waals surface area contributed by atoms with Crippen LogP contribution in [0.1, 0.15) is 32.8 Å². The maximum absolute atomic E-state index is 6.17. The van der Waals surface area contributed by atoms with Crippen molar-refractivity contribution < 1.29 is 4.74 Å². The number of ether oxygens (including phenoxy) is 1. The molecule has 0 unspecified atom stereocenters. The van der Waals surface area contributed by atoms with Crippen LogP contribution in [0.3, 0.4) is 0 Å². The molecule has 3 rings (SSSR count). The first-order chi connectivity index (χ1) is 14.3. The van der Waals surface area contributed by atoms with Gasteiger partial charge in [0.25, 0.3) is 0 Å². The molecule has 3 aromatic carbocycles. The Morgan fingerprint density at radius 2 is 1.50 bits per heavy atom. The summed E-state index contributed by atoms with van der Waals surface area (Å²) in [6.07, 6.45) is 1.09. The van der Waals surface area contributed by atoms with Crippen molar-refractivity contribution in [3.8, 4) is 11.5 Å². The van der Waals surface area contributed by atoms with Gasteiger partial charge in [0.15, 0.2) is 5.11 Å². The molecule has 0 spiro atoms. The zero-order valence-corrected chi connectivity index (χ0v) is 19.5. The van der Waals surface area contributed by atoms with Gasteiger partial charge in [-0.05, 0) is 84.2 Å². The van der Waals surface area contributed by atoms with Gasteiger partial charge in [-0.3, -0.25) is 0 Å². The van der Waals surface area contributed by atoms with E-state index in [1.807, 2.05) is 36.4 Å². The van der Waals surface area contributed by atoms with Crippen molar-refractivity contribution in [1.29, 1.82) is 0 Å². The Morgan fingerprint density at radius 1 is 0.900 bits per heavy atom. The molecule has 0 aliphatic rings. The van der Waals surface area contributed by atoms with E-state index in [4.69, 9.17) is 40.2 Å². The maximum atomic E-state index is 6.17. The highest BCUT2D eigenvalue weighted by Crippen LogP contribution is 2.30. The highest BCUT2D eigenvalue weighted by Gasteiger charge is 2.17. The van der Waals surface area contributed by atoms with Crippen LogP contribution in [-0.2, 0) is 5.41 Å². The molecule has 0 amide bonds. The Bertz CT molecular complexity index is 1020. The lowest BCUT2D eigenvalue weighted by molar-refractivity contribution is 0.478. The van der Waals surface area contributed by atoms with E-state index in [0.717, 1.165) is 23.6 Å². The third kappa shape index (κ3) is 5.88. The van der Waals surface area contributed by atoms with Crippen LogP contribution in [0.15, 0.2) is 66.7 Å². The Balaban J connectivity index is 1.59. The number of halogens is 2. The first kappa shape index (κ1) is 22.4. The highest BCUT2D eigenvalue weighted by molar-refractivity contribution is 7.80. The van der Waals surface area contributed by atoms with Crippen LogP contribution < -0.4 is 15.4 Å². The van der Waals surface area contributed by atoms with Crippen molar-refractivity contribution in [3.63, 3.8) is 0 Å². The van der Waals surface area contributed by atoms with Crippen molar-refractivity contribution >= 4 is 51.9 Å². The normalized spacial score (nSPS) is 11.1. The molecule has 0 bridgehead atoms. The number of thiocarbonyl (C=S) groups is 1. The Kier molecular flexibility index (Phi) is 7.24. The summed E-state index contributed by atoms with van der Waals surface area (Å²) in [7, 11) is 0. The fourth-order valence-electron chi connectivity index (χ4n) is 2.80. The van der Waals surface area contributed by atoms with Gasteiger partial charge in [-0.15, -0.1) is 0 Å². The van der Waals surface area contributed by atoms with E-state index in [2.05, 4.69) is 43.5 Å². The number of anilines is 2. The van der Waals surface area contributed by atoms with Crippen molar-refractivity contribution in [3.05, 3.63) is 82.3 Å². The van der Waals surface area contributed by atoms with Gasteiger partial charge in [-0.2, -0.15) is 0 Å². The van der Waals surface area contributed by atoms with E-state index in [1.54, 1.807) is 18.2 Å². The van der Waals surface area contributed by atoms with Gasteiger partial charge in [-0.1, -0.05) is 56.1 Å². The lowest BCUT2D eigenvalue weighted by atomic mass is 9.82. The zero-order chi connectivity index (χ0) is 21.7. The quantitative estimate of drug-likeness (QED) is 0.364. The SMILES string of the molecule is CCC(C)(C)c1ccc(Oc2ccc(NC(=S)Nc3ccc(Cl)cc3Cl)cc2)cc1. The van der Waals surface area contributed by atoms with Crippen LogP contribution in [0, 0.1) is 0 Å². The number of rotatable bonds is 6. The average Bonchev–Trinajstić information content (AvgIpc) is 2.72. The summed E-state index contributed by atoms with van der Waals surface area (Å²) >= 11 is 17.4. The largest absolute Gasteiger partial charge is 0.457 e. The van der Waals surface area contributed by atoms with Crippen molar-refractivity contribution in [2.24, 2.45) is 0 Å². The topological polar surface area (TPSA) is 33.3 Å². The molecule has 3 aromatic rings. The third-order valence-electron chi connectivity index (χ3n) is 5.05. The molecule has 0 aliphatic carbocycles. The molecular formula is C24H24Cl2N2OS. The minimum atomic E-state index is 0.161. The van der Waals surface area contributed by atoms with Crippen LogP contribution in [0.4, 0.5) is 11.4 Å². The summed E-state index contributed by atoms with van der Waals surface area (Å²) in [5, 5.41) is 7.70. The summed E-state index contributed by atoms with van der Waals surface area (Å²) < 4.78 is 5.96. The second kappa shape index (κ2) is 9.69. The first-order valence-corrected chi connectivity index (χ1v) is 10.8. The predicted octanol–water partition coefficient (Wildman–Crippen LogP) is 8.28. The molecule has 3 nitrogen and oxygen atoms in total. The summed E-state index contributed by atoms with van der Waals surface area (Å²) in [5.41, 5.74) is 2.99. The van der Waals surface area contributed by atoms with Gasteiger partial charge in [0.2, 0.25) is 0 Å². The number of nitrogens with one attached hydrogen (secondary N) is 2. The average molecular weight is 459 g/mol. The molecule has 30 heavy (non-hydrogen) atoms. The van der Waals surface area contributed by atoms with E-state index >= 15 is 0 Å². The van der Waals surface area contributed by atoms with E-state index in [-0.39, 0.29) is 5.41 Å². The predicted molar refractivity (Wildman–Crippen MR) is 133 cm³/mol. The summed E-state index contributed by atoms with van der Waals surface area (Å²) in [5.74, 6) is 1.56. The molecule has 0 atom stereocenters. The molecule has 0 radical (unpaired) electrons. The Morgan fingerprint density at radius 3 is 2.07 bits per heavy atom. The van der Waals surface area contributed by atoms with Crippen molar-refractivity contribution in [2.45, 2.75) is 32.6 Å². The Hall–Kier alpha value is -2.27. The van der Waals surface area contributed by atoms with E-state index in [1.165, 1.54) is 5.56 Å². The fraction of sp³-hybridized carbons (Fsp3) is 0.208. The van der Waals surface area contributed by atoms with E-state index in [0.29, 0.717) is 20.8 Å².